The maximum absolute atomic E-state index is 11.6. The van der Waals surface area contributed by atoms with Crippen LogP contribution in [0.25, 0.3) is 0 Å². The lowest BCUT2D eigenvalue weighted by atomic mass is 10.1. The number of carbonyl (C=O) groups excluding carboxylic acids is 1. The number of hydrogen-bond acceptors (Lipinski definition) is 3. The molecule has 17 heavy (non-hydrogen) atoms. The highest BCUT2D eigenvalue weighted by molar-refractivity contribution is 5.78. The minimum Gasteiger partial charge on any atom is -0.508 e. The number of H-pyrrole nitrogens is 1. The van der Waals surface area contributed by atoms with Crippen LogP contribution in [0.3, 0.4) is 0 Å². The Morgan fingerprint density at radius 2 is 2.29 bits per heavy atom. The van der Waals surface area contributed by atoms with E-state index in [1.165, 1.54) is 0 Å². The van der Waals surface area contributed by atoms with Crippen molar-refractivity contribution in [2.75, 3.05) is 0 Å². The summed E-state index contributed by atoms with van der Waals surface area (Å²) in [6.45, 7) is 0.453. The van der Waals surface area contributed by atoms with Crippen molar-refractivity contribution in [1.29, 1.82) is 0 Å². The molecule has 0 radical (unpaired) electrons. The van der Waals surface area contributed by atoms with E-state index in [9.17, 15) is 9.90 Å². The van der Waals surface area contributed by atoms with Gasteiger partial charge in [0.2, 0.25) is 5.91 Å². The van der Waals surface area contributed by atoms with Gasteiger partial charge in [0.15, 0.2) is 0 Å². The lowest BCUT2D eigenvalue weighted by Crippen LogP contribution is -2.24. The molecule has 0 aliphatic rings. The number of amides is 1. The molecule has 0 atom stereocenters. The smallest absolute Gasteiger partial charge is 0.224 e. The standard InChI is InChI=1S/C12H13N3O2/c16-11-3-1-2-9(4-11)5-12(17)13-6-10-7-14-15-8-10/h1-4,7-8,16H,5-6H2,(H,13,17)(H,14,15). The van der Waals surface area contributed by atoms with Gasteiger partial charge in [-0.1, -0.05) is 12.1 Å². The summed E-state index contributed by atoms with van der Waals surface area (Å²) in [5, 5.41) is 18.5. The van der Waals surface area contributed by atoms with Gasteiger partial charge in [0.05, 0.1) is 12.6 Å². The second kappa shape index (κ2) is 5.16. The molecule has 0 bridgehead atoms. The third kappa shape index (κ3) is 3.34. The van der Waals surface area contributed by atoms with Crippen LogP contribution in [0.1, 0.15) is 11.1 Å². The highest BCUT2D eigenvalue weighted by Crippen LogP contribution is 2.11. The number of hydrogen-bond donors (Lipinski definition) is 3. The van der Waals surface area contributed by atoms with Crippen LogP contribution in [0.5, 0.6) is 5.75 Å². The summed E-state index contributed by atoms with van der Waals surface area (Å²) < 4.78 is 0. The molecule has 88 valence electrons. The van der Waals surface area contributed by atoms with Crippen LogP contribution in [0, 0.1) is 0 Å². The zero-order valence-corrected chi connectivity index (χ0v) is 9.18. The van der Waals surface area contributed by atoms with Gasteiger partial charge in [-0.2, -0.15) is 5.10 Å². The molecule has 2 rings (SSSR count). The Balaban J connectivity index is 1.85. The van der Waals surface area contributed by atoms with E-state index in [1.807, 2.05) is 0 Å². The van der Waals surface area contributed by atoms with Crippen molar-refractivity contribution < 1.29 is 9.90 Å². The number of aromatic amines is 1. The molecule has 0 saturated carbocycles. The van der Waals surface area contributed by atoms with E-state index < -0.39 is 0 Å². The second-order valence-corrected chi connectivity index (χ2v) is 3.73. The Morgan fingerprint density at radius 1 is 1.41 bits per heavy atom. The Morgan fingerprint density at radius 3 is 3.00 bits per heavy atom. The minimum atomic E-state index is -0.0863. The molecule has 0 unspecified atom stereocenters. The lowest BCUT2D eigenvalue weighted by molar-refractivity contribution is -0.120. The van der Waals surface area contributed by atoms with Gasteiger partial charge < -0.3 is 10.4 Å². The molecule has 0 saturated heterocycles. The van der Waals surface area contributed by atoms with Crippen LogP contribution in [0.15, 0.2) is 36.7 Å². The Bertz CT molecular complexity index is 494. The van der Waals surface area contributed by atoms with Gasteiger partial charge in [-0.25, -0.2) is 0 Å². The van der Waals surface area contributed by atoms with Crippen molar-refractivity contribution in [3.8, 4) is 5.75 Å². The molecular formula is C12H13N3O2. The van der Waals surface area contributed by atoms with Crippen LogP contribution in [0.4, 0.5) is 0 Å². The van der Waals surface area contributed by atoms with E-state index in [2.05, 4.69) is 15.5 Å². The number of aromatic nitrogens is 2. The van der Waals surface area contributed by atoms with Gasteiger partial charge in [0.25, 0.3) is 0 Å². The predicted octanol–water partition coefficient (Wildman–Crippen LogP) is 0.974. The number of phenolic OH excluding ortho intramolecular Hbond substituents is 1. The summed E-state index contributed by atoms with van der Waals surface area (Å²) in [5.74, 6) is 0.0851. The fraction of sp³-hybridized carbons (Fsp3) is 0.167. The molecular weight excluding hydrogens is 218 g/mol. The zero-order chi connectivity index (χ0) is 12.1. The summed E-state index contributed by atoms with van der Waals surface area (Å²) in [7, 11) is 0. The van der Waals surface area contributed by atoms with Crippen molar-refractivity contribution in [1.82, 2.24) is 15.5 Å². The Kier molecular flexibility index (Phi) is 3.40. The number of rotatable bonds is 4. The van der Waals surface area contributed by atoms with E-state index in [4.69, 9.17) is 0 Å². The first-order valence-electron chi connectivity index (χ1n) is 5.26. The normalized spacial score (nSPS) is 10.1. The highest BCUT2D eigenvalue weighted by atomic mass is 16.3. The number of benzene rings is 1. The van der Waals surface area contributed by atoms with Gasteiger partial charge in [-0.15, -0.1) is 0 Å². The molecule has 5 heteroatoms. The first kappa shape index (κ1) is 11.2. The zero-order valence-electron chi connectivity index (χ0n) is 9.18. The van der Waals surface area contributed by atoms with Crippen LogP contribution in [0.2, 0.25) is 0 Å². The average Bonchev–Trinajstić information content (AvgIpc) is 2.79. The van der Waals surface area contributed by atoms with Crippen molar-refractivity contribution in [2.45, 2.75) is 13.0 Å². The van der Waals surface area contributed by atoms with Gasteiger partial charge >= 0.3 is 0 Å². The van der Waals surface area contributed by atoms with Crippen molar-refractivity contribution >= 4 is 5.91 Å². The summed E-state index contributed by atoms with van der Waals surface area (Å²) in [6, 6.07) is 6.68. The summed E-state index contributed by atoms with van der Waals surface area (Å²) in [6.07, 6.45) is 3.65. The lowest BCUT2D eigenvalue weighted by Gasteiger charge is -2.04. The average molecular weight is 231 g/mol. The molecule has 0 spiro atoms. The van der Waals surface area contributed by atoms with Gasteiger partial charge in [0, 0.05) is 18.3 Å². The molecule has 0 fully saturated rings. The molecule has 1 amide bonds. The van der Waals surface area contributed by atoms with Crippen LogP contribution in [-0.4, -0.2) is 21.2 Å². The quantitative estimate of drug-likeness (QED) is 0.733. The molecule has 2 aromatic rings. The maximum Gasteiger partial charge on any atom is 0.224 e. The van der Waals surface area contributed by atoms with Crippen LogP contribution < -0.4 is 5.32 Å². The number of phenols is 1. The highest BCUT2D eigenvalue weighted by Gasteiger charge is 2.04. The largest absolute Gasteiger partial charge is 0.508 e. The van der Waals surface area contributed by atoms with Crippen molar-refractivity contribution in [3.63, 3.8) is 0 Å². The SMILES string of the molecule is O=C(Cc1cccc(O)c1)NCc1cn[nH]c1. The van der Waals surface area contributed by atoms with Gasteiger partial charge in [-0.05, 0) is 17.7 Å². The molecule has 5 nitrogen and oxygen atoms in total. The molecule has 3 N–H and O–H groups in total. The number of nitrogens with zero attached hydrogens (tertiary/aromatic N) is 1. The van der Waals surface area contributed by atoms with E-state index >= 15 is 0 Å². The first-order chi connectivity index (χ1) is 8.24. The minimum absolute atomic E-state index is 0.0863. The fourth-order valence-electron chi connectivity index (χ4n) is 1.49. The molecule has 1 heterocycles. The second-order valence-electron chi connectivity index (χ2n) is 3.73. The Labute approximate surface area is 98.5 Å². The fourth-order valence-corrected chi connectivity index (χ4v) is 1.49. The summed E-state index contributed by atoms with van der Waals surface area (Å²) in [5.41, 5.74) is 1.71. The molecule has 1 aromatic carbocycles. The van der Waals surface area contributed by atoms with E-state index in [1.54, 1.807) is 36.7 Å². The molecule has 1 aromatic heterocycles. The monoisotopic (exact) mass is 231 g/mol. The summed E-state index contributed by atoms with van der Waals surface area (Å²) in [4.78, 5) is 11.6. The van der Waals surface area contributed by atoms with Crippen molar-refractivity contribution in [2.24, 2.45) is 0 Å². The van der Waals surface area contributed by atoms with Crippen molar-refractivity contribution in [3.05, 3.63) is 47.8 Å². The first-order valence-corrected chi connectivity index (χ1v) is 5.26. The predicted molar refractivity (Wildman–Crippen MR) is 62.2 cm³/mol. The summed E-state index contributed by atoms with van der Waals surface area (Å²) >= 11 is 0. The Hall–Kier alpha value is -2.30. The topological polar surface area (TPSA) is 78.0 Å². The third-order valence-corrected chi connectivity index (χ3v) is 2.32. The van der Waals surface area contributed by atoms with Gasteiger partial charge in [0.1, 0.15) is 5.75 Å². The molecule has 0 aliphatic carbocycles. The number of carbonyl (C=O) groups is 1. The van der Waals surface area contributed by atoms with E-state index in [-0.39, 0.29) is 18.1 Å². The maximum atomic E-state index is 11.6. The van der Waals surface area contributed by atoms with Crippen LogP contribution >= 0.6 is 0 Å². The number of nitrogens with one attached hydrogen (secondary N) is 2. The third-order valence-electron chi connectivity index (χ3n) is 2.32. The van der Waals surface area contributed by atoms with Crippen LogP contribution in [-0.2, 0) is 17.8 Å². The van der Waals surface area contributed by atoms with E-state index in [0.29, 0.717) is 6.54 Å². The number of aromatic hydroxyl groups is 1. The molecule has 0 aliphatic heterocycles. The van der Waals surface area contributed by atoms with E-state index in [0.717, 1.165) is 11.1 Å². The van der Waals surface area contributed by atoms with Gasteiger partial charge in [-0.3, -0.25) is 9.89 Å².